The van der Waals surface area contributed by atoms with Crippen molar-refractivity contribution in [1.82, 2.24) is 5.32 Å². The van der Waals surface area contributed by atoms with E-state index in [9.17, 15) is 9.59 Å². The van der Waals surface area contributed by atoms with Gasteiger partial charge in [-0.3, -0.25) is 0 Å². The van der Waals surface area contributed by atoms with Crippen LogP contribution in [0, 0.1) is 0 Å². The summed E-state index contributed by atoms with van der Waals surface area (Å²) in [5, 5.41) is 10.8. The quantitative estimate of drug-likeness (QED) is 0.496. The summed E-state index contributed by atoms with van der Waals surface area (Å²) in [6.45, 7) is 4.07. The van der Waals surface area contributed by atoms with Crippen LogP contribution in [0.15, 0.2) is 0 Å². The second-order valence-electron chi connectivity index (χ2n) is 3.60. The fourth-order valence-electron chi connectivity index (χ4n) is 1.42. The Morgan fingerprint density at radius 2 is 1.94 bits per heavy atom. The molecule has 0 aliphatic rings. The van der Waals surface area contributed by atoms with E-state index in [2.05, 4.69) is 12.2 Å². The van der Waals surface area contributed by atoms with Crippen LogP contribution >= 0.6 is 0 Å². The van der Waals surface area contributed by atoms with Crippen LogP contribution in [0.1, 0.15) is 46.0 Å². The number of hydrogen-bond donors (Lipinski definition) is 2. The smallest absolute Gasteiger partial charge is 0.405 e. The van der Waals surface area contributed by atoms with Gasteiger partial charge in [0, 0.05) is 0 Å². The molecule has 0 radical (unpaired) electrons. The number of nitrogens with one attached hydrogen (secondary N) is 1. The van der Waals surface area contributed by atoms with Crippen LogP contribution in [-0.4, -0.2) is 29.8 Å². The Labute approximate surface area is 96.2 Å². The molecule has 0 fully saturated rings. The molecule has 1 unspecified atom stereocenters. The summed E-state index contributed by atoms with van der Waals surface area (Å²) in [5.41, 5.74) is 0. The maximum absolute atomic E-state index is 11.4. The predicted octanol–water partition coefficient (Wildman–Crippen LogP) is 2.16. The molecule has 16 heavy (non-hydrogen) atoms. The van der Waals surface area contributed by atoms with Crippen LogP contribution in [0.5, 0.6) is 0 Å². The molecular formula is C11H21NO4. The molecule has 1 amide bonds. The van der Waals surface area contributed by atoms with Gasteiger partial charge < -0.3 is 15.2 Å². The van der Waals surface area contributed by atoms with Crippen LogP contribution in [0.2, 0.25) is 0 Å². The van der Waals surface area contributed by atoms with Crippen molar-refractivity contribution < 1.29 is 19.4 Å². The van der Waals surface area contributed by atoms with Gasteiger partial charge in [-0.05, 0) is 13.3 Å². The number of carbonyl (C=O) groups excluding carboxylic acids is 1. The minimum absolute atomic E-state index is 0.269. The van der Waals surface area contributed by atoms with Crippen molar-refractivity contribution in [3.63, 3.8) is 0 Å². The summed E-state index contributed by atoms with van der Waals surface area (Å²) < 4.78 is 4.80. The Morgan fingerprint density at radius 1 is 1.25 bits per heavy atom. The molecule has 2 N–H and O–H groups in total. The highest BCUT2D eigenvalue weighted by Crippen LogP contribution is 2.07. The Bertz CT molecular complexity index is 218. The van der Waals surface area contributed by atoms with Gasteiger partial charge >= 0.3 is 12.1 Å². The standard InChI is InChI=1S/C11H21NO4/c1-3-5-6-7-8-9(12-11(14)15)10(13)16-4-2/h9,12H,3-8H2,1-2H3,(H,14,15). The first-order valence-corrected chi connectivity index (χ1v) is 5.77. The first-order valence-electron chi connectivity index (χ1n) is 5.77. The third kappa shape index (κ3) is 7.09. The second-order valence-corrected chi connectivity index (χ2v) is 3.60. The lowest BCUT2D eigenvalue weighted by Gasteiger charge is -2.14. The highest BCUT2D eigenvalue weighted by atomic mass is 16.5. The Morgan fingerprint density at radius 3 is 2.44 bits per heavy atom. The molecule has 0 bridgehead atoms. The monoisotopic (exact) mass is 231 g/mol. The van der Waals surface area contributed by atoms with Crippen LogP contribution < -0.4 is 5.32 Å². The van der Waals surface area contributed by atoms with Crippen molar-refractivity contribution in [1.29, 1.82) is 0 Å². The van der Waals surface area contributed by atoms with E-state index in [0.29, 0.717) is 6.42 Å². The topological polar surface area (TPSA) is 75.6 Å². The minimum atomic E-state index is -1.19. The molecule has 5 heteroatoms. The van der Waals surface area contributed by atoms with Gasteiger partial charge in [0.05, 0.1) is 6.61 Å². The lowest BCUT2D eigenvalue weighted by molar-refractivity contribution is -0.145. The zero-order chi connectivity index (χ0) is 12.4. The molecule has 0 spiro atoms. The van der Waals surface area contributed by atoms with Gasteiger partial charge in [-0.2, -0.15) is 0 Å². The van der Waals surface area contributed by atoms with Crippen LogP contribution in [0.4, 0.5) is 4.79 Å². The first-order chi connectivity index (χ1) is 7.61. The molecular weight excluding hydrogens is 210 g/mol. The molecule has 0 heterocycles. The van der Waals surface area contributed by atoms with Crippen molar-refractivity contribution in [3.8, 4) is 0 Å². The Kier molecular flexibility index (Phi) is 8.29. The molecule has 0 saturated heterocycles. The highest BCUT2D eigenvalue weighted by Gasteiger charge is 2.20. The van der Waals surface area contributed by atoms with E-state index in [1.807, 2.05) is 0 Å². The maximum atomic E-state index is 11.4. The first kappa shape index (κ1) is 14.7. The number of amides is 1. The SMILES string of the molecule is CCCCCCC(NC(=O)O)C(=O)OCC. The number of ether oxygens (including phenoxy) is 1. The van der Waals surface area contributed by atoms with Crippen molar-refractivity contribution in [3.05, 3.63) is 0 Å². The largest absolute Gasteiger partial charge is 0.465 e. The van der Waals surface area contributed by atoms with Gasteiger partial charge in [0.2, 0.25) is 0 Å². The van der Waals surface area contributed by atoms with E-state index in [0.717, 1.165) is 25.7 Å². The lowest BCUT2D eigenvalue weighted by atomic mass is 10.1. The van der Waals surface area contributed by atoms with E-state index in [-0.39, 0.29) is 6.61 Å². The minimum Gasteiger partial charge on any atom is -0.465 e. The Hall–Kier alpha value is -1.26. The third-order valence-electron chi connectivity index (χ3n) is 2.22. The van der Waals surface area contributed by atoms with Crippen molar-refractivity contribution in [2.45, 2.75) is 52.0 Å². The maximum Gasteiger partial charge on any atom is 0.405 e. The Balaban J connectivity index is 3.99. The van der Waals surface area contributed by atoms with Crippen molar-refractivity contribution in [2.24, 2.45) is 0 Å². The zero-order valence-electron chi connectivity index (χ0n) is 9.99. The average molecular weight is 231 g/mol. The second kappa shape index (κ2) is 9.00. The number of carboxylic acid groups (broad SMARTS) is 1. The van der Waals surface area contributed by atoms with Gasteiger partial charge in [-0.1, -0.05) is 32.6 Å². The molecule has 1 atom stereocenters. The van der Waals surface area contributed by atoms with E-state index >= 15 is 0 Å². The van der Waals surface area contributed by atoms with Gasteiger partial charge in [0.25, 0.3) is 0 Å². The van der Waals surface area contributed by atoms with E-state index in [4.69, 9.17) is 9.84 Å². The molecule has 94 valence electrons. The summed E-state index contributed by atoms with van der Waals surface area (Å²) in [7, 11) is 0. The number of unbranched alkanes of at least 4 members (excludes halogenated alkanes) is 3. The van der Waals surface area contributed by atoms with Gasteiger partial charge in [-0.25, -0.2) is 9.59 Å². The van der Waals surface area contributed by atoms with Gasteiger partial charge in [0.15, 0.2) is 0 Å². The number of rotatable bonds is 8. The van der Waals surface area contributed by atoms with Crippen LogP contribution in [0.25, 0.3) is 0 Å². The average Bonchev–Trinajstić information content (AvgIpc) is 2.22. The molecule has 0 rings (SSSR count). The van der Waals surface area contributed by atoms with Gasteiger partial charge in [-0.15, -0.1) is 0 Å². The van der Waals surface area contributed by atoms with E-state index in [1.165, 1.54) is 0 Å². The number of esters is 1. The van der Waals surface area contributed by atoms with Crippen LogP contribution in [0.3, 0.4) is 0 Å². The summed E-state index contributed by atoms with van der Waals surface area (Å²) in [6, 6.07) is -0.727. The third-order valence-corrected chi connectivity index (χ3v) is 2.22. The molecule has 0 aliphatic heterocycles. The fraction of sp³-hybridized carbons (Fsp3) is 0.818. The molecule has 0 aromatic heterocycles. The summed E-state index contributed by atoms with van der Waals surface area (Å²) in [4.78, 5) is 21.9. The fourth-order valence-corrected chi connectivity index (χ4v) is 1.42. The summed E-state index contributed by atoms with van der Waals surface area (Å²) in [6.07, 6.45) is 3.36. The van der Waals surface area contributed by atoms with E-state index < -0.39 is 18.1 Å². The van der Waals surface area contributed by atoms with Crippen LogP contribution in [-0.2, 0) is 9.53 Å². The predicted molar refractivity (Wildman–Crippen MR) is 60.3 cm³/mol. The van der Waals surface area contributed by atoms with Gasteiger partial charge in [0.1, 0.15) is 6.04 Å². The highest BCUT2D eigenvalue weighted by molar-refractivity contribution is 5.80. The van der Waals surface area contributed by atoms with Crippen molar-refractivity contribution >= 4 is 12.1 Å². The lowest BCUT2D eigenvalue weighted by Crippen LogP contribution is -2.41. The number of hydrogen-bond acceptors (Lipinski definition) is 3. The van der Waals surface area contributed by atoms with E-state index in [1.54, 1.807) is 6.92 Å². The normalized spacial score (nSPS) is 11.9. The summed E-state index contributed by atoms with van der Waals surface area (Å²) >= 11 is 0. The van der Waals surface area contributed by atoms with Crippen molar-refractivity contribution in [2.75, 3.05) is 6.61 Å². The molecule has 0 aromatic carbocycles. The number of carbonyl (C=O) groups is 2. The molecule has 0 saturated carbocycles. The molecule has 0 aliphatic carbocycles. The molecule has 5 nitrogen and oxygen atoms in total. The zero-order valence-corrected chi connectivity index (χ0v) is 9.99. The summed E-state index contributed by atoms with van der Waals surface area (Å²) in [5.74, 6) is -0.485. The molecule has 0 aromatic rings.